The van der Waals surface area contributed by atoms with Crippen LogP contribution in [0.4, 0.5) is 18.9 Å². The maximum Gasteiger partial charge on any atom is 0.419 e. The third-order valence-electron chi connectivity index (χ3n) is 5.13. The normalized spacial score (nSPS) is 19.1. The van der Waals surface area contributed by atoms with Crippen molar-refractivity contribution >= 4 is 27.0 Å². The van der Waals surface area contributed by atoms with Gasteiger partial charge < -0.3 is 10.1 Å². The summed E-state index contributed by atoms with van der Waals surface area (Å²) in [5.74, 6) is -0.403. The summed E-state index contributed by atoms with van der Waals surface area (Å²) in [7, 11) is -3.99. The molecule has 0 unspecified atom stereocenters. The van der Waals surface area contributed by atoms with Crippen molar-refractivity contribution in [3.05, 3.63) is 66.2 Å². The lowest BCUT2D eigenvalue weighted by Gasteiger charge is -2.27. The first kappa shape index (κ1) is 22.6. The molecule has 3 aromatic rings. The highest BCUT2D eigenvalue weighted by atomic mass is 32.2. The maximum absolute atomic E-state index is 13.5. The monoisotopic (exact) mass is 482 g/mol. The van der Waals surface area contributed by atoms with E-state index in [1.54, 1.807) is 13.0 Å². The third kappa shape index (κ3) is 4.92. The van der Waals surface area contributed by atoms with Crippen LogP contribution in [0.2, 0.25) is 0 Å². The molecule has 0 amide bonds. The molecule has 0 spiro atoms. The number of anilines is 1. The lowest BCUT2D eigenvalue weighted by atomic mass is 10.1. The van der Waals surface area contributed by atoms with Crippen LogP contribution in [0.25, 0.3) is 10.4 Å². The largest absolute Gasteiger partial charge is 0.485 e. The quantitative estimate of drug-likeness (QED) is 0.496. The van der Waals surface area contributed by atoms with Gasteiger partial charge in [-0.05, 0) is 43.3 Å². The molecule has 2 heterocycles. The van der Waals surface area contributed by atoms with Gasteiger partial charge in [-0.1, -0.05) is 30.3 Å². The molecule has 1 saturated heterocycles. The van der Waals surface area contributed by atoms with Crippen LogP contribution in [0.5, 0.6) is 5.75 Å². The fourth-order valence-electron chi connectivity index (χ4n) is 3.48. The molecule has 1 aromatic heterocycles. The molecule has 5 nitrogen and oxygen atoms in total. The molecule has 1 fully saturated rings. The summed E-state index contributed by atoms with van der Waals surface area (Å²) in [5, 5.41) is 3.07. The summed E-state index contributed by atoms with van der Waals surface area (Å²) in [4.78, 5) is 0.768. The second-order valence-electron chi connectivity index (χ2n) is 7.78. The second-order valence-corrected chi connectivity index (χ2v) is 10.8. The SMILES string of the molecule is C[C@@]1(Oc2cc(NS(=O)(=O)c3ccc(-c4ccccc4)s3)ccc2C(F)(F)F)CCNC1. The van der Waals surface area contributed by atoms with E-state index in [1.807, 2.05) is 30.3 Å². The molecule has 1 atom stereocenters. The van der Waals surface area contributed by atoms with Crippen LogP contribution in [0, 0.1) is 0 Å². The summed E-state index contributed by atoms with van der Waals surface area (Å²) in [6.07, 6.45) is -4.09. The van der Waals surface area contributed by atoms with Gasteiger partial charge in [-0.25, -0.2) is 8.42 Å². The fraction of sp³-hybridized carbons (Fsp3) is 0.273. The number of rotatable bonds is 6. The van der Waals surface area contributed by atoms with Gasteiger partial charge >= 0.3 is 6.18 Å². The Morgan fingerprint density at radius 2 is 1.84 bits per heavy atom. The molecule has 0 aliphatic carbocycles. The van der Waals surface area contributed by atoms with E-state index >= 15 is 0 Å². The van der Waals surface area contributed by atoms with Gasteiger partial charge in [-0.2, -0.15) is 13.2 Å². The number of benzene rings is 2. The van der Waals surface area contributed by atoms with Crippen molar-refractivity contribution in [2.24, 2.45) is 0 Å². The predicted molar refractivity (Wildman–Crippen MR) is 119 cm³/mol. The lowest BCUT2D eigenvalue weighted by Crippen LogP contribution is -2.35. The minimum Gasteiger partial charge on any atom is -0.485 e. The smallest absolute Gasteiger partial charge is 0.419 e. The molecule has 1 aliphatic heterocycles. The molecular weight excluding hydrogens is 461 g/mol. The number of nitrogens with one attached hydrogen (secondary N) is 2. The van der Waals surface area contributed by atoms with Crippen LogP contribution in [-0.4, -0.2) is 27.1 Å². The molecule has 10 heteroatoms. The fourth-order valence-corrected chi connectivity index (χ4v) is 5.84. The Labute approximate surface area is 188 Å². The minimum atomic E-state index is -4.63. The van der Waals surface area contributed by atoms with E-state index in [-0.39, 0.29) is 9.90 Å². The summed E-state index contributed by atoms with van der Waals surface area (Å²) in [6.45, 7) is 2.75. The number of alkyl halides is 3. The minimum absolute atomic E-state index is 0.00258. The van der Waals surface area contributed by atoms with Crippen molar-refractivity contribution in [1.82, 2.24) is 5.32 Å². The molecule has 4 rings (SSSR count). The zero-order valence-corrected chi connectivity index (χ0v) is 18.7. The Bertz CT molecular complexity index is 1200. The summed E-state index contributed by atoms with van der Waals surface area (Å²) in [5.41, 5.74) is -0.883. The summed E-state index contributed by atoms with van der Waals surface area (Å²) < 4.78 is 74.5. The Kier molecular flexibility index (Phi) is 5.95. The first-order valence-corrected chi connectivity index (χ1v) is 12.1. The van der Waals surface area contributed by atoms with E-state index in [9.17, 15) is 21.6 Å². The second kappa shape index (κ2) is 8.42. The van der Waals surface area contributed by atoms with E-state index in [0.717, 1.165) is 40.0 Å². The zero-order chi connectivity index (χ0) is 23.0. The van der Waals surface area contributed by atoms with Gasteiger partial charge in [-0.15, -0.1) is 11.3 Å². The first-order valence-electron chi connectivity index (χ1n) is 9.85. The van der Waals surface area contributed by atoms with Crippen LogP contribution in [-0.2, 0) is 16.2 Å². The molecular formula is C22H21F3N2O3S2. The van der Waals surface area contributed by atoms with Crippen LogP contribution >= 0.6 is 11.3 Å². The van der Waals surface area contributed by atoms with Gasteiger partial charge in [0.15, 0.2) is 0 Å². The van der Waals surface area contributed by atoms with Crippen molar-refractivity contribution in [3.8, 4) is 16.2 Å². The topological polar surface area (TPSA) is 67.4 Å². The Balaban J connectivity index is 1.62. The number of ether oxygens (including phenoxy) is 1. The Morgan fingerprint density at radius 3 is 2.50 bits per heavy atom. The average Bonchev–Trinajstić information content (AvgIpc) is 3.38. The van der Waals surface area contributed by atoms with Gasteiger partial charge in [0.05, 0.1) is 11.3 Å². The molecule has 0 radical (unpaired) electrons. The molecule has 1 aliphatic rings. The number of sulfonamides is 1. The van der Waals surface area contributed by atoms with E-state index < -0.39 is 33.1 Å². The van der Waals surface area contributed by atoms with Crippen molar-refractivity contribution in [3.63, 3.8) is 0 Å². The Morgan fingerprint density at radius 1 is 1.09 bits per heavy atom. The lowest BCUT2D eigenvalue weighted by molar-refractivity contribution is -0.139. The zero-order valence-electron chi connectivity index (χ0n) is 17.1. The van der Waals surface area contributed by atoms with Gasteiger partial charge in [-0.3, -0.25) is 4.72 Å². The standard InChI is InChI=1S/C22H21F3N2O3S2/c1-21(11-12-26-14-21)30-18-13-16(7-8-17(18)22(23,24)25)27-32(28,29)20-10-9-19(31-20)15-5-3-2-4-6-15/h2-10,13,26-27H,11-12,14H2,1H3/t21-/m1/s1. The van der Waals surface area contributed by atoms with E-state index in [2.05, 4.69) is 10.0 Å². The summed E-state index contributed by atoms with van der Waals surface area (Å²) >= 11 is 1.08. The Hall–Kier alpha value is -2.56. The van der Waals surface area contributed by atoms with Crippen molar-refractivity contribution in [2.75, 3.05) is 17.8 Å². The van der Waals surface area contributed by atoms with Crippen LogP contribution < -0.4 is 14.8 Å². The van der Waals surface area contributed by atoms with Crippen LogP contribution in [0.15, 0.2) is 64.9 Å². The molecule has 2 N–H and O–H groups in total. The number of hydrogen-bond acceptors (Lipinski definition) is 5. The van der Waals surface area contributed by atoms with E-state index in [0.29, 0.717) is 19.5 Å². The number of halogens is 3. The highest BCUT2D eigenvalue weighted by Crippen LogP contribution is 2.40. The van der Waals surface area contributed by atoms with Gasteiger partial charge in [0.25, 0.3) is 10.0 Å². The first-order chi connectivity index (χ1) is 15.1. The van der Waals surface area contributed by atoms with Gasteiger partial charge in [0.2, 0.25) is 0 Å². The third-order valence-corrected chi connectivity index (χ3v) is 8.14. The van der Waals surface area contributed by atoms with Crippen molar-refractivity contribution in [2.45, 2.75) is 29.3 Å². The molecule has 0 saturated carbocycles. The van der Waals surface area contributed by atoms with Crippen molar-refractivity contribution < 1.29 is 26.3 Å². The van der Waals surface area contributed by atoms with Crippen LogP contribution in [0.1, 0.15) is 18.9 Å². The van der Waals surface area contributed by atoms with Crippen LogP contribution in [0.3, 0.4) is 0 Å². The van der Waals surface area contributed by atoms with Gasteiger partial charge in [0, 0.05) is 23.9 Å². The predicted octanol–water partition coefficient (Wildman–Crippen LogP) is 5.37. The number of hydrogen-bond donors (Lipinski definition) is 2. The molecule has 0 bridgehead atoms. The highest BCUT2D eigenvalue weighted by molar-refractivity contribution is 7.94. The number of thiophene rings is 1. The summed E-state index contributed by atoms with van der Waals surface area (Å²) in [6, 6.07) is 15.5. The molecule has 170 valence electrons. The molecule has 32 heavy (non-hydrogen) atoms. The maximum atomic E-state index is 13.5. The van der Waals surface area contributed by atoms with Gasteiger partial charge in [0.1, 0.15) is 15.6 Å². The highest BCUT2D eigenvalue weighted by Gasteiger charge is 2.38. The van der Waals surface area contributed by atoms with E-state index in [1.165, 1.54) is 6.07 Å². The average molecular weight is 483 g/mol. The molecule has 2 aromatic carbocycles. The van der Waals surface area contributed by atoms with Crippen molar-refractivity contribution in [1.29, 1.82) is 0 Å². The van der Waals surface area contributed by atoms with E-state index in [4.69, 9.17) is 4.74 Å².